The lowest BCUT2D eigenvalue weighted by molar-refractivity contribution is -0.217. The first kappa shape index (κ1) is 8.89. The lowest BCUT2D eigenvalue weighted by atomic mass is 10.1. The van der Waals surface area contributed by atoms with Crippen LogP contribution in [0.1, 0.15) is 6.42 Å². The Morgan fingerprint density at radius 3 is 2.36 bits per heavy atom. The Hall–Kier alpha value is -0.200. The van der Waals surface area contributed by atoms with Gasteiger partial charge in [0, 0.05) is 6.42 Å². The highest BCUT2D eigenvalue weighted by molar-refractivity contribution is 4.85. The van der Waals surface area contributed by atoms with Crippen LogP contribution >= 0.6 is 0 Å². The van der Waals surface area contributed by atoms with Gasteiger partial charge in [-0.3, -0.25) is 0 Å². The van der Waals surface area contributed by atoms with Gasteiger partial charge in [0.05, 0.1) is 19.3 Å². The molecule has 1 heterocycles. The van der Waals surface area contributed by atoms with Gasteiger partial charge in [0.25, 0.3) is 0 Å². The minimum Gasteiger partial charge on any atom is -0.394 e. The molecule has 0 aromatic carbocycles. The monoisotopic (exact) mass is 164 g/mol. The summed E-state index contributed by atoms with van der Waals surface area (Å²) in [6.07, 6.45) is -1.75. The SMILES string of the molecule is OC[C@H]1O[C@@](O)(CO)C[C@@H]1O. The van der Waals surface area contributed by atoms with Gasteiger partial charge in [-0.1, -0.05) is 0 Å². The molecule has 4 N–H and O–H groups in total. The van der Waals surface area contributed by atoms with E-state index in [1.54, 1.807) is 0 Å². The van der Waals surface area contributed by atoms with Gasteiger partial charge in [0.15, 0.2) is 5.79 Å². The maximum atomic E-state index is 9.23. The topological polar surface area (TPSA) is 90.2 Å². The third kappa shape index (κ3) is 1.69. The summed E-state index contributed by atoms with van der Waals surface area (Å²) in [6, 6.07) is 0. The molecule has 0 aliphatic carbocycles. The standard InChI is InChI=1S/C6H12O5/c7-2-5-4(9)1-6(10,3-8)11-5/h4-5,7-10H,1-3H2/t4-,5+,6+/m0/s1. The number of ether oxygens (including phenoxy) is 1. The van der Waals surface area contributed by atoms with Crippen LogP contribution in [-0.4, -0.2) is 51.6 Å². The lowest BCUT2D eigenvalue weighted by Crippen LogP contribution is -2.33. The molecular weight excluding hydrogens is 152 g/mol. The fourth-order valence-electron chi connectivity index (χ4n) is 1.13. The average molecular weight is 164 g/mol. The Morgan fingerprint density at radius 1 is 1.45 bits per heavy atom. The van der Waals surface area contributed by atoms with Crippen molar-refractivity contribution in [2.24, 2.45) is 0 Å². The van der Waals surface area contributed by atoms with Crippen LogP contribution in [0.25, 0.3) is 0 Å². The van der Waals surface area contributed by atoms with Crippen molar-refractivity contribution >= 4 is 0 Å². The molecule has 0 amide bonds. The first-order chi connectivity index (χ1) is 5.11. The van der Waals surface area contributed by atoms with Gasteiger partial charge in [0.2, 0.25) is 0 Å². The van der Waals surface area contributed by atoms with Crippen LogP contribution < -0.4 is 0 Å². The zero-order chi connectivity index (χ0) is 8.48. The molecule has 66 valence electrons. The highest BCUT2D eigenvalue weighted by Crippen LogP contribution is 2.27. The van der Waals surface area contributed by atoms with Crippen molar-refractivity contribution in [3.8, 4) is 0 Å². The summed E-state index contributed by atoms with van der Waals surface area (Å²) in [5.41, 5.74) is 0. The van der Waals surface area contributed by atoms with E-state index in [4.69, 9.17) is 20.1 Å². The molecule has 1 saturated heterocycles. The molecule has 11 heavy (non-hydrogen) atoms. The maximum absolute atomic E-state index is 9.23. The van der Waals surface area contributed by atoms with Crippen LogP contribution in [0.2, 0.25) is 0 Å². The molecule has 0 aromatic heterocycles. The van der Waals surface area contributed by atoms with E-state index in [9.17, 15) is 5.11 Å². The first-order valence-electron chi connectivity index (χ1n) is 3.41. The number of rotatable bonds is 2. The van der Waals surface area contributed by atoms with Crippen LogP contribution in [0, 0.1) is 0 Å². The van der Waals surface area contributed by atoms with E-state index >= 15 is 0 Å². The minimum absolute atomic E-state index is 0.0608. The maximum Gasteiger partial charge on any atom is 0.192 e. The molecule has 5 heteroatoms. The van der Waals surface area contributed by atoms with Gasteiger partial charge in [0.1, 0.15) is 6.10 Å². The molecule has 0 saturated carbocycles. The number of hydrogen-bond donors (Lipinski definition) is 4. The molecule has 0 aromatic rings. The highest BCUT2D eigenvalue weighted by Gasteiger charge is 2.43. The molecule has 0 unspecified atom stereocenters. The zero-order valence-corrected chi connectivity index (χ0v) is 5.97. The first-order valence-corrected chi connectivity index (χ1v) is 3.41. The van der Waals surface area contributed by atoms with Crippen molar-refractivity contribution in [3.63, 3.8) is 0 Å². The lowest BCUT2D eigenvalue weighted by Gasteiger charge is -2.18. The third-order valence-electron chi connectivity index (χ3n) is 1.76. The molecule has 1 aliphatic rings. The molecule has 0 bridgehead atoms. The van der Waals surface area contributed by atoms with Crippen molar-refractivity contribution in [2.45, 2.75) is 24.4 Å². The molecule has 1 aliphatic heterocycles. The van der Waals surface area contributed by atoms with Gasteiger partial charge in [-0.05, 0) is 0 Å². The van der Waals surface area contributed by atoms with Crippen LogP contribution in [0.5, 0.6) is 0 Å². The number of hydrogen-bond acceptors (Lipinski definition) is 5. The largest absolute Gasteiger partial charge is 0.394 e. The second-order valence-electron chi connectivity index (χ2n) is 2.71. The molecule has 0 radical (unpaired) electrons. The minimum atomic E-state index is -1.67. The molecule has 1 fully saturated rings. The van der Waals surface area contributed by atoms with Crippen LogP contribution in [0.4, 0.5) is 0 Å². The summed E-state index contributed by atoms with van der Waals surface area (Å²) in [6.45, 7) is -0.927. The van der Waals surface area contributed by atoms with E-state index in [2.05, 4.69) is 0 Å². The second kappa shape index (κ2) is 3.04. The Kier molecular flexibility index (Phi) is 2.46. The van der Waals surface area contributed by atoms with Gasteiger partial charge in [-0.15, -0.1) is 0 Å². The summed E-state index contributed by atoms with van der Waals surface area (Å²) in [4.78, 5) is 0. The van der Waals surface area contributed by atoms with E-state index in [1.807, 2.05) is 0 Å². The molecule has 0 spiro atoms. The fraction of sp³-hybridized carbons (Fsp3) is 1.00. The average Bonchev–Trinajstić information content (AvgIpc) is 2.27. The van der Waals surface area contributed by atoms with Gasteiger partial charge in [-0.25, -0.2) is 0 Å². The van der Waals surface area contributed by atoms with E-state index in [0.717, 1.165) is 0 Å². The predicted octanol–water partition coefficient (Wildman–Crippen LogP) is -2.19. The van der Waals surface area contributed by atoms with E-state index in [0.29, 0.717) is 0 Å². The molecule has 3 atom stereocenters. The molecular formula is C6H12O5. The Labute approximate surface area is 63.8 Å². The Morgan fingerprint density at radius 2 is 2.09 bits per heavy atom. The predicted molar refractivity (Wildman–Crippen MR) is 34.6 cm³/mol. The summed E-state index contributed by atoms with van der Waals surface area (Å²) in [5.74, 6) is -1.67. The summed E-state index contributed by atoms with van der Waals surface area (Å²) in [5, 5.41) is 35.5. The van der Waals surface area contributed by atoms with Crippen LogP contribution in [-0.2, 0) is 4.74 Å². The Balaban J connectivity index is 2.55. The third-order valence-corrected chi connectivity index (χ3v) is 1.76. The van der Waals surface area contributed by atoms with Crippen molar-refractivity contribution < 1.29 is 25.2 Å². The van der Waals surface area contributed by atoms with E-state index < -0.39 is 24.6 Å². The number of aliphatic hydroxyl groups excluding tert-OH is 3. The highest BCUT2D eigenvalue weighted by atomic mass is 16.7. The van der Waals surface area contributed by atoms with Crippen LogP contribution in [0.3, 0.4) is 0 Å². The van der Waals surface area contributed by atoms with Crippen LogP contribution in [0.15, 0.2) is 0 Å². The van der Waals surface area contributed by atoms with Gasteiger partial charge in [-0.2, -0.15) is 0 Å². The normalized spacial score (nSPS) is 44.7. The second-order valence-corrected chi connectivity index (χ2v) is 2.71. The zero-order valence-electron chi connectivity index (χ0n) is 5.97. The van der Waals surface area contributed by atoms with Crippen molar-refractivity contribution in [2.75, 3.05) is 13.2 Å². The quantitative estimate of drug-likeness (QED) is 0.372. The van der Waals surface area contributed by atoms with Crippen molar-refractivity contribution in [3.05, 3.63) is 0 Å². The summed E-state index contributed by atoms with van der Waals surface area (Å²) < 4.78 is 4.77. The van der Waals surface area contributed by atoms with Gasteiger partial charge >= 0.3 is 0 Å². The molecule has 1 rings (SSSR count). The van der Waals surface area contributed by atoms with E-state index in [-0.39, 0.29) is 13.0 Å². The molecule has 5 nitrogen and oxygen atoms in total. The van der Waals surface area contributed by atoms with E-state index in [1.165, 1.54) is 0 Å². The Bertz CT molecular complexity index is 139. The summed E-state index contributed by atoms with van der Waals surface area (Å²) >= 11 is 0. The van der Waals surface area contributed by atoms with Crippen molar-refractivity contribution in [1.29, 1.82) is 0 Å². The fourth-order valence-corrected chi connectivity index (χ4v) is 1.13. The van der Waals surface area contributed by atoms with Gasteiger partial charge < -0.3 is 25.2 Å². The summed E-state index contributed by atoms with van der Waals surface area (Å²) in [7, 11) is 0. The smallest absolute Gasteiger partial charge is 0.192 e. The van der Waals surface area contributed by atoms with Crippen molar-refractivity contribution in [1.82, 2.24) is 0 Å². The number of aliphatic hydroxyl groups is 4.